The van der Waals surface area contributed by atoms with Crippen LogP contribution in [0.15, 0.2) is 59.7 Å². The number of carbonyl (C=O) groups excluding carboxylic acids is 1. The summed E-state index contributed by atoms with van der Waals surface area (Å²) in [6, 6.07) is 9.74. The van der Waals surface area contributed by atoms with Gasteiger partial charge in [-0.15, -0.1) is 0 Å². The first-order valence-corrected chi connectivity index (χ1v) is 6.56. The third-order valence-corrected chi connectivity index (χ3v) is 2.54. The Hall–Kier alpha value is -2.62. The van der Waals surface area contributed by atoms with Gasteiger partial charge in [0.2, 0.25) is 0 Å². The molecule has 0 saturated carbocycles. The molecular formula is C17H18O4. The Morgan fingerprint density at radius 2 is 1.90 bits per heavy atom. The average Bonchev–Trinajstić information content (AvgIpc) is 2.44. The number of carboxylic acids is 1. The standard InChI is InChI=1S/C17H18O4/c1-3-21-17(20)15(16(18)19)11-7-8-13(2)12-14-9-5-4-6-10-14/h4-12H,3H2,1-2H3,(H,18,19). The van der Waals surface area contributed by atoms with Crippen LogP contribution in [0.2, 0.25) is 0 Å². The molecule has 0 aliphatic carbocycles. The number of ether oxygens (including phenoxy) is 1. The van der Waals surface area contributed by atoms with Crippen molar-refractivity contribution in [2.45, 2.75) is 13.8 Å². The second kappa shape index (κ2) is 8.53. The fourth-order valence-electron chi connectivity index (χ4n) is 1.59. The third-order valence-electron chi connectivity index (χ3n) is 2.54. The minimum absolute atomic E-state index is 0.139. The van der Waals surface area contributed by atoms with E-state index < -0.39 is 11.9 Å². The third kappa shape index (κ3) is 5.91. The van der Waals surface area contributed by atoms with E-state index in [0.717, 1.165) is 11.1 Å². The van der Waals surface area contributed by atoms with E-state index in [1.165, 1.54) is 12.2 Å². The van der Waals surface area contributed by atoms with Crippen molar-refractivity contribution in [1.82, 2.24) is 0 Å². The average molecular weight is 286 g/mol. The van der Waals surface area contributed by atoms with Crippen LogP contribution in [0.25, 0.3) is 6.08 Å². The summed E-state index contributed by atoms with van der Waals surface area (Å²) in [6.45, 7) is 3.65. The fraction of sp³-hybridized carbons (Fsp3) is 0.176. The zero-order valence-corrected chi connectivity index (χ0v) is 12.1. The van der Waals surface area contributed by atoms with Crippen LogP contribution >= 0.6 is 0 Å². The molecule has 0 amide bonds. The topological polar surface area (TPSA) is 63.6 Å². The van der Waals surface area contributed by atoms with Gasteiger partial charge >= 0.3 is 11.9 Å². The lowest BCUT2D eigenvalue weighted by molar-refractivity contribution is -0.143. The Morgan fingerprint density at radius 3 is 2.48 bits per heavy atom. The highest BCUT2D eigenvalue weighted by molar-refractivity contribution is 6.13. The van der Waals surface area contributed by atoms with Crippen LogP contribution in [0.3, 0.4) is 0 Å². The molecule has 0 heterocycles. The quantitative estimate of drug-likeness (QED) is 0.287. The molecule has 1 rings (SSSR count). The van der Waals surface area contributed by atoms with Crippen molar-refractivity contribution in [3.05, 3.63) is 65.3 Å². The van der Waals surface area contributed by atoms with Gasteiger partial charge in [0.1, 0.15) is 5.57 Å². The van der Waals surface area contributed by atoms with Crippen LogP contribution < -0.4 is 0 Å². The highest BCUT2D eigenvalue weighted by Gasteiger charge is 2.17. The monoisotopic (exact) mass is 286 g/mol. The van der Waals surface area contributed by atoms with Crippen molar-refractivity contribution in [1.29, 1.82) is 0 Å². The number of hydrogen-bond donors (Lipinski definition) is 1. The van der Waals surface area contributed by atoms with Crippen LogP contribution in [-0.4, -0.2) is 23.7 Å². The molecule has 4 heteroatoms. The van der Waals surface area contributed by atoms with Crippen LogP contribution in [-0.2, 0) is 14.3 Å². The Labute approximate surface area is 124 Å². The summed E-state index contributed by atoms with van der Waals surface area (Å²) in [5.74, 6) is -2.14. The molecule has 4 nitrogen and oxygen atoms in total. The van der Waals surface area contributed by atoms with Gasteiger partial charge in [-0.05, 0) is 25.5 Å². The molecule has 0 spiro atoms. The fourth-order valence-corrected chi connectivity index (χ4v) is 1.59. The van der Waals surface area contributed by atoms with Crippen molar-refractivity contribution < 1.29 is 19.4 Å². The summed E-state index contributed by atoms with van der Waals surface area (Å²) in [7, 11) is 0. The summed E-state index contributed by atoms with van der Waals surface area (Å²) >= 11 is 0. The highest BCUT2D eigenvalue weighted by atomic mass is 16.5. The van der Waals surface area contributed by atoms with Crippen molar-refractivity contribution in [2.75, 3.05) is 6.61 Å². The van der Waals surface area contributed by atoms with Crippen LogP contribution in [0.1, 0.15) is 19.4 Å². The number of hydrogen-bond acceptors (Lipinski definition) is 3. The largest absolute Gasteiger partial charge is 0.477 e. The van der Waals surface area contributed by atoms with Gasteiger partial charge in [-0.3, -0.25) is 0 Å². The molecule has 0 unspecified atom stereocenters. The number of carboxylic acid groups (broad SMARTS) is 1. The van der Waals surface area contributed by atoms with Gasteiger partial charge in [-0.25, -0.2) is 9.59 Å². The number of aliphatic carboxylic acids is 1. The zero-order chi connectivity index (χ0) is 15.7. The Bertz CT molecular complexity index is 580. The van der Waals surface area contributed by atoms with E-state index in [9.17, 15) is 9.59 Å². The molecule has 1 N–H and O–H groups in total. The minimum atomic E-state index is -1.30. The second-order valence-corrected chi connectivity index (χ2v) is 4.26. The van der Waals surface area contributed by atoms with E-state index in [1.54, 1.807) is 13.0 Å². The lowest BCUT2D eigenvalue weighted by Crippen LogP contribution is -2.15. The summed E-state index contributed by atoms with van der Waals surface area (Å²) in [4.78, 5) is 22.4. The number of rotatable bonds is 6. The summed E-state index contributed by atoms with van der Waals surface area (Å²) in [5.41, 5.74) is 1.60. The maximum absolute atomic E-state index is 11.4. The van der Waals surface area contributed by atoms with E-state index in [-0.39, 0.29) is 12.2 Å². The van der Waals surface area contributed by atoms with Gasteiger partial charge in [0.15, 0.2) is 0 Å². The first-order chi connectivity index (χ1) is 10.0. The van der Waals surface area contributed by atoms with Crippen molar-refractivity contribution in [3.8, 4) is 0 Å². The Balaban J connectivity index is 2.82. The second-order valence-electron chi connectivity index (χ2n) is 4.26. The van der Waals surface area contributed by atoms with Gasteiger partial charge in [-0.1, -0.05) is 54.1 Å². The van der Waals surface area contributed by atoms with Gasteiger partial charge in [0.25, 0.3) is 0 Å². The Morgan fingerprint density at radius 1 is 1.24 bits per heavy atom. The minimum Gasteiger partial charge on any atom is -0.477 e. The van der Waals surface area contributed by atoms with Gasteiger partial charge in [0, 0.05) is 0 Å². The smallest absolute Gasteiger partial charge is 0.345 e. The molecule has 1 aromatic carbocycles. The van der Waals surface area contributed by atoms with Crippen molar-refractivity contribution >= 4 is 18.0 Å². The predicted molar refractivity (Wildman–Crippen MR) is 81.6 cm³/mol. The first-order valence-electron chi connectivity index (χ1n) is 6.56. The number of allylic oxidation sites excluding steroid dienone is 4. The van der Waals surface area contributed by atoms with E-state index in [4.69, 9.17) is 5.11 Å². The van der Waals surface area contributed by atoms with Crippen molar-refractivity contribution in [2.24, 2.45) is 0 Å². The van der Waals surface area contributed by atoms with Crippen LogP contribution in [0.5, 0.6) is 0 Å². The molecule has 110 valence electrons. The summed E-state index contributed by atoms with van der Waals surface area (Å²) < 4.78 is 4.68. The SMILES string of the molecule is CCOC(=O)C(=CC=CC(C)=Cc1ccccc1)C(=O)O. The lowest BCUT2D eigenvalue weighted by atomic mass is 10.1. The van der Waals surface area contributed by atoms with E-state index in [1.807, 2.05) is 43.3 Å². The number of carbonyl (C=O) groups is 2. The highest BCUT2D eigenvalue weighted by Crippen LogP contribution is 2.07. The normalized spacial score (nSPS) is 12.5. The van der Waals surface area contributed by atoms with Crippen LogP contribution in [0, 0.1) is 0 Å². The molecule has 1 aromatic rings. The van der Waals surface area contributed by atoms with Gasteiger partial charge in [-0.2, -0.15) is 0 Å². The predicted octanol–water partition coefficient (Wildman–Crippen LogP) is 3.22. The molecular weight excluding hydrogens is 268 g/mol. The van der Waals surface area contributed by atoms with E-state index >= 15 is 0 Å². The number of esters is 1. The summed E-state index contributed by atoms with van der Waals surface area (Å²) in [6.07, 6.45) is 6.45. The van der Waals surface area contributed by atoms with Crippen LogP contribution in [0.4, 0.5) is 0 Å². The molecule has 0 bridgehead atoms. The molecule has 0 radical (unpaired) electrons. The molecule has 0 aliphatic heterocycles. The first kappa shape index (κ1) is 16.4. The zero-order valence-electron chi connectivity index (χ0n) is 12.1. The molecule has 0 atom stereocenters. The molecule has 0 fully saturated rings. The van der Waals surface area contributed by atoms with Crippen molar-refractivity contribution in [3.63, 3.8) is 0 Å². The van der Waals surface area contributed by atoms with E-state index in [0.29, 0.717) is 0 Å². The molecule has 0 aliphatic rings. The lowest BCUT2D eigenvalue weighted by Gasteiger charge is -2.00. The maximum atomic E-state index is 11.4. The Kier molecular flexibility index (Phi) is 6.68. The molecule has 21 heavy (non-hydrogen) atoms. The number of benzene rings is 1. The van der Waals surface area contributed by atoms with Gasteiger partial charge < -0.3 is 9.84 Å². The van der Waals surface area contributed by atoms with Gasteiger partial charge in [0.05, 0.1) is 6.61 Å². The summed E-state index contributed by atoms with van der Waals surface area (Å²) in [5, 5.41) is 8.95. The maximum Gasteiger partial charge on any atom is 0.345 e. The van der Waals surface area contributed by atoms with E-state index in [2.05, 4.69) is 4.74 Å². The molecule has 0 saturated heterocycles. The molecule has 0 aromatic heterocycles.